The van der Waals surface area contributed by atoms with Gasteiger partial charge in [0, 0.05) is 19.2 Å². The Morgan fingerprint density at radius 1 is 1.30 bits per heavy atom. The molecule has 0 bridgehead atoms. The Hall–Kier alpha value is -1.70. The summed E-state index contributed by atoms with van der Waals surface area (Å²) in [6.45, 7) is 7.91. The lowest BCUT2D eigenvalue weighted by molar-refractivity contribution is -0.116. The van der Waals surface area contributed by atoms with E-state index >= 15 is 0 Å². The second-order valence-electron chi connectivity index (χ2n) is 5.22. The van der Waals surface area contributed by atoms with Crippen LogP contribution >= 0.6 is 0 Å². The molecule has 0 amide bonds. The molecule has 0 aliphatic carbocycles. The van der Waals surface area contributed by atoms with E-state index in [0.29, 0.717) is 6.42 Å². The van der Waals surface area contributed by atoms with E-state index in [2.05, 4.69) is 37.0 Å². The van der Waals surface area contributed by atoms with E-state index in [0.717, 1.165) is 24.1 Å². The number of ketones is 1. The van der Waals surface area contributed by atoms with Crippen molar-refractivity contribution in [1.29, 1.82) is 0 Å². The van der Waals surface area contributed by atoms with E-state index in [4.69, 9.17) is 0 Å². The maximum absolute atomic E-state index is 11.3. The van der Waals surface area contributed by atoms with E-state index in [-0.39, 0.29) is 5.78 Å². The maximum atomic E-state index is 11.3. The van der Waals surface area contributed by atoms with Gasteiger partial charge in [-0.1, -0.05) is 24.3 Å². The van der Waals surface area contributed by atoms with Crippen LogP contribution in [0.4, 0.5) is 0 Å². The fourth-order valence-corrected chi connectivity index (χ4v) is 2.39. The van der Waals surface area contributed by atoms with Crippen LogP contribution in [0.2, 0.25) is 0 Å². The molecule has 0 saturated heterocycles. The van der Waals surface area contributed by atoms with Gasteiger partial charge in [-0.3, -0.25) is 9.79 Å². The number of nitrogens with zero attached hydrogens (tertiary/aromatic N) is 1. The van der Waals surface area contributed by atoms with Gasteiger partial charge in [-0.05, 0) is 62.8 Å². The zero-order chi connectivity index (χ0) is 15.1. The van der Waals surface area contributed by atoms with Crippen LogP contribution in [0.15, 0.2) is 34.8 Å². The number of benzene rings is 1. The van der Waals surface area contributed by atoms with E-state index in [1.165, 1.54) is 16.7 Å². The topological polar surface area (TPSA) is 29.4 Å². The van der Waals surface area contributed by atoms with Gasteiger partial charge in [0.25, 0.3) is 0 Å². The molecule has 2 nitrogen and oxygen atoms in total. The standard InChI is InChI=1S/C18H25NO/c1-6-16(12-14(3)20)18(19-5)11-10-17-9-7-8-13(2)15(17)4/h6-9H,10-12H2,1-5H3/b16-6-,19-18-. The zero-order valence-corrected chi connectivity index (χ0v) is 13.3. The predicted octanol–water partition coefficient (Wildman–Crippen LogP) is 4.23. The Morgan fingerprint density at radius 2 is 2.00 bits per heavy atom. The van der Waals surface area contributed by atoms with Crippen molar-refractivity contribution in [3.05, 3.63) is 46.5 Å². The first-order valence-electron chi connectivity index (χ1n) is 7.15. The molecule has 20 heavy (non-hydrogen) atoms. The van der Waals surface area contributed by atoms with Crippen LogP contribution in [-0.4, -0.2) is 18.5 Å². The van der Waals surface area contributed by atoms with Crippen LogP contribution in [0, 0.1) is 13.8 Å². The average Bonchev–Trinajstić information content (AvgIpc) is 2.42. The first-order chi connectivity index (χ1) is 9.49. The van der Waals surface area contributed by atoms with Crippen molar-refractivity contribution in [1.82, 2.24) is 0 Å². The number of hydrogen-bond acceptors (Lipinski definition) is 2. The van der Waals surface area contributed by atoms with Crippen molar-refractivity contribution in [2.45, 2.75) is 47.0 Å². The highest BCUT2D eigenvalue weighted by Crippen LogP contribution is 2.17. The highest BCUT2D eigenvalue weighted by atomic mass is 16.1. The summed E-state index contributed by atoms with van der Waals surface area (Å²) < 4.78 is 0. The largest absolute Gasteiger partial charge is 0.300 e. The fourth-order valence-electron chi connectivity index (χ4n) is 2.39. The Morgan fingerprint density at radius 3 is 2.55 bits per heavy atom. The quantitative estimate of drug-likeness (QED) is 0.712. The van der Waals surface area contributed by atoms with Crippen molar-refractivity contribution in [3.8, 4) is 0 Å². The molecular weight excluding hydrogens is 246 g/mol. The number of rotatable bonds is 6. The van der Waals surface area contributed by atoms with Crippen LogP contribution < -0.4 is 0 Å². The minimum Gasteiger partial charge on any atom is -0.300 e. The van der Waals surface area contributed by atoms with Gasteiger partial charge in [0.1, 0.15) is 5.78 Å². The summed E-state index contributed by atoms with van der Waals surface area (Å²) in [5.41, 5.74) is 6.15. The van der Waals surface area contributed by atoms with Gasteiger partial charge in [-0.2, -0.15) is 0 Å². The third-order valence-electron chi connectivity index (χ3n) is 3.78. The van der Waals surface area contributed by atoms with Crippen molar-refractivity contribution in [2.24, 2.45) is 4.99 Å². The normalized spacial score (nSPS) is 12.7. The van der Waals surface area contributed by atoms with Crippen LogP contribution in [0.5, 0.6) is 0 Å². The Bertz CT molecular complexity index is 538. The number of allylic oxidation sites excluding steroid dienone is 2. The Balaban J connectivity index is 2.80. The van der Waals surface area contributed by atoms with Crippen LogP contribution in [-0.2, 0) is 11.2 Å². The molecule has 0 aliphatic heterocycles. The van der Waals surface area contributed by atoms with E-state index in [9.17, 15) is 4.79 Å². The first kappa shape index (κ1) is 16.4. The van der Waals surface area contributed by atoms with Crippen LogP contribution in [0.1, 0.15) is 43.4 Å². The lowest BCUT2D eigenvalue weighted by Crippen LogP contribution is -2.09. The third kappa shape index (κ3) is 4.44. The second kappa shape index (κ2) is 7.78. The summed E-state index contributed by atoms with van der Waals surface area (Å²) in [5, 5.41) is 0. The fraction of sp³-hybridized carbons (Fsp3) is 0.444. The van der Waals surface area contributed by atoms with E-state index in [1.807, 2.05) is 20.0 Å². The van der Waals surface area contributed by atoms with Gasteiger partial charge >= 0.3 is 0 Å². The molecule has 0 aromatic heterocycles. The van der Waals surface area contributed by atoms with Gasteiger partial charge < -0.3 is 0 Å². The number of Topliss-reactive ketones (excluding diaryl/α,β-unsaturated/α-hetero) is 1. The summed E-state index contributed by atoms with van der Waals surface area (Å²) in [6, 6.07) is 6.42. The number of carbonyl (C=O) groups is 1. The minimum atomic E-state index is 0.186. The maximum Gasteiger partial charge on any atom is 0.134 e. The first-order valence-corrected chi connectivity index (χ1v) is 7.15. The van der Waals surface area contributed by atoms with E-state index in [1.54, 1.807) is 6.92 Å². The molecule has 1 aromatic carbocycles. The molecule has 0 radical (unpaired) electrons. The van der Waals surface area contributed by atoms with E-state index < -0.39 is 0 Å². The van der Waals surface area contributed by atoms with Gasteiger partial charge in [0.2, 0.25) is 0 Å². The molecule has 0 saturated carbocycles. The molecule has 0 N–H and O–H groups in total. The molecule has 0 unspecified atom stereocenters. The summed E-state index contributed by atoms with van der Waals surface area (Å²) in [5.74, 6) is 0.186. The Labute approximate surface area is 122 Å². The minimum absolute atomic E-state index is 0.186. The average molecular weight is 271 g/mol. The van der Waals surface area contributed by atoms with Crippen molar-refractivity contribution >= 4 is 11.5 Å². The monoisotopic (exact) mass is 271 g/mol. The van der Waals surface area contributed by atoms with Crippen LogP contribution in [0.25, 0.3) is 0 Å². The SMILES string of the molecule is C/C=C(CC(C)=O)\C(CCc1cccc(C)c1C)=N/C. The second-order valence-corrected chi connectivity index (χ2v) is 5.22. The van der Waals surface area contributed by atoms with Gasteiger partial charge in [-0.15, -0.1) is 0 Å². The molecule has 1 aromatic rings. The summed E-state index contributed by atoms with van der Waals surface area (Å²) in [4.78, 5) is 15.7. The van der Waals surface area contributed by atoms with Gasteiger partial charge in [0.05, 0.1) is 0 Å². The number of aryl methyl sites for hydroxylation is 2. The summed E-state index contributed by atoms with van der Waals surface area (Å²) in [7, 11) is 1.81. The van der Waals surface area contributed by atoms with Crippen LogP contribution in [0.3, 0.4) is 0 Å². The lowest BCUT2D eigenvalue weighted by atomic mass is 9.95. The lowest BCUT2D eigenvalue weighted by Gasteiger charge is -2.12. The highest BCUT2D eigenvalue weighted by Gasteiger charge is 2.09. The Kier molecular flexibility index (Phi) is 6.37. The molecule has 0 atom stereocenters. The smallest absolute Gasteiger partial charge is 0.134 e. The molecule has 0 spiro atoms. The number of hydrogen-bond donors (Lipinski definition) is 0. The van der Waals surface area contributed by atoms with Gasteiger partial charge in [0.15, 0.2) is 0 Å². The molecule has 0 heterocycles. The van der Waals surface area contributed by atoms with Crippen molar-refractivity contribution in [3.63, 3.8) is 0 Å². The number of carbonyl (C=O) groups excluding carboxylic acids is 1. The third-order valence-corrected chi connectivity index (χ3v) is 3.78. The zero-order valence-electron chi connectivity index (χ0n) is 13.3. The molecule has 108 valence electrons. The molecular formula is C18H25NO. The van der Waals surface area contributed by atoms with Crippen molar-refractivity contribution < 1.29 is 4.79 Å². The highest BCUT2D eigenvalue weighted by molar-refractivity contribution is 6.03. The number of aliphatic imine (C=N–C) groups is 1. The molecule has 0 aliphatic rings. The summed E-state index contributed by atoms with van der Waals surface area (Å²) >= 11 is 0. The van der Waals surface area contributed by atoms with Gasteiger partial charge in [-0.25, -0.2) is 0 Å². The molecule has 0 fully saturated rings. The molecule has 1 rings (SSSR count). The van der Waals surface area contributed by atoms with Crippen molar-refractivity contribution in [2.75, 3.05) is 7.05 Å². The predicted molar refractivity (Wildman–Crippen MR) is 86.7 cm³/mol. The molecule has 2 heteroatoms. The summed E-state index contributed by atoms with van der Waals surface area (Å²) in [6.07, 6.45) is 4.34.